The molecule has 0 radical (unpaired) electrons. The van der Waals surface area contributed by atoms with Gasteiger partial charge >= 0.3 is 0 Å². The molecule has 0 amide bonds. The summed E-state index contributed by atoms with van der Waals surface area (Å²) in [7, 11) is 0. The molecule has 0 spiro atoms. The molecule has 0 bridgehead atoms. The van der Waals surface area contributed by atoms with Crippen molar-refractivity contribution in [3.05, 3.63) is 127 Å². The summed E-state index contributed by atoms with van der Waals surface area (Å²) in [6.07, 6.45) is 6.48. The number of hydrogen-bond donors (Lipinski definition) is 0. The molecule has 41 heavy (non-hydrogen) atoms. The number of nitrogens with zero attached hydrogens (tertiary/aromatic N) is 2. The fourth-order valence-corrected chi connectivity index (χ4v) is 6.75. The molecule has 5 aromatic carbocycles. The van der Waals surface area contributed by atoms with E-state index in [2.05, 4.69) is 130 Å². The highest BCUT2D eigenvalue weighted by atomic mass is 16.3. The Morgan fingerprint density at radius 3 is 1.95 bits per heavy atom. The van der Waals surface area contributed by atoms with Crippen LogP contribution in [0.2, 0.25) is 0 Å². The zero-order valence-corrected chi connectivity index (χ0v) is 23.3. The highest BCUT2D eigenvalue weighted by Crippen LogP contribution is 2.45. The van der Waals surface area contributed by atoms with Gasteiger partial charge in [0.2, 0.25) is 0 Å². The lowest BCUT2D eigenvalue weighted by Gasteiger charge is -2.10. The molecule has 0 aliphatic heterocycles. The second kappa shape index (κ2) is 9.28. The quantitative estimate of drug-likeness (QED) is 0.218. The maximum Gasteiger partial charge on any atom is 0.144 e. The summed E-state index contributed by atoms with van der Waals surface area (Å²) in [6, 6.07) is 39.3. The maximum atomic E-state index is 6.67. The minimum atomic E-state index is 0.953. The summed E-state index contributed by atoms with van der Waals surface area (Å²) in [5.74, 6) is 1.10. The number of allylic oxidation sites excluding steroid dienone is 1. The molecule has 1 aliphatic carbocycles. The summed E-state index contributed by atoms with van der Waals surface area (Å²) in [5.41, 5.74) is 9.35. The predicted octanol–water partition coefficient (Wildman–Crippen LogP) is 10.6. The van der Waals surface area contributed by atoms with Gasteiger partial charge in [0.1, 0.15) is 11.3 Å². The molecule has 0 N–H and O–H groups in total. The number of benzene rings is 5. The summed E-state index contributed by atoms with van der Waals surface area (Å²) in [4.78, 5) is 0. The number of furan rings is 1. The zero-order chi connectivity index (χ0) is 27.5. The molecule has 0 fully saturated rings. The van der Waals surface area contributed by atoms with Crippen LogP contribution in [0, 0.1) is 0 Å². The zero-order valence-electron chi connectivity index (χ0n) is 23.3. The van der Waals surface area contributed by atoms with Crippen LogP contribution in [0.15, 0.2) is 120 Å². The molecule has 1 aliphatic rings. The minimum absolute atomic E-state index is 0.953. The van der Waals surface area contributed by atoms with E-state index in [0.717, 1.165) is 29.9 Å². The molecule has 0 unspecified atom stereocenters. The van der Waals surface area contributed by atoms with Crippen molar-refractivity contribution in [2.24, 2.45) is 0 Å². The number of hydrogen-bond acceptors (Lipinski definition) is 1. The second-order valence-electron chi connectivity index (χ2n) is 10.4. The van der Waals surface area contributed by atoms with Gasteiger partial charge in [-0.2, -0.15) is 0 Å². The third kappa shape index (κ3) is 3.32. The maximum absolute atomic E-state index is 6.67. The van der Waals surface area contributed by atoms with Gasteiger partial charge in [0.15, 0.2) is 0 Å². The summed E-state index contributed by atoms with van der Waals surface area (Å²) < 4.78 is 11.5. The Hall–Kier alpha value is -5.02. The van der Waals surface area contributed by atoms with Crippen LogP contribution in [0.4, 0.5) is 0 Å². The van der Waals surface area contributed by atoms with E-state index in [1.807, 2.05) is 13.8 Å². The van der Waals surface area contributed by atoms with Crippen molar-refractivity contribution in [3.8, 4) is 11.4 Å². The Balaban J connectivity index is 0.00000125. The molecule has 3 heterocycles. The van der Waals surface area contributed by atoms with Crippen molar-refractivity contribution in [1.29, 1.82) is 0 Å². The van der Waals surface area contributed by atoms with Crippen LogP contribution in [0.3, 0.4) is 0 Å². The van der Waals surface area contributed by atoms with Crippen molar-refractivity contribution >= 4 is 60.7 Å². The minimum Gasteiger partial charge on any atom is -0.460 e. The number of aromatic nitrogens is 2. The van der Waals surface area contributed by atoms with Gasteiger partial charge in [0.05, 0.1) is 27.5 Å². The van der Waals surface area contributed by atoms with Gasteiger partial charge < -0.3 is 13.6 Å². The van der Waals surface area contributed by atoms with Crippen LogP contribution < -0.4 is 0 Å². The number of fused-ring (bicyclic) bond motifs is 11. The SMILES string of the molecule is C1=Cc2c(oc3c2ccc2c3c3ccc4c(c5ccccc5n4-c4ccccc4)c3n2-c2ccccc2)CC1.CC. The third-order valence-electron chi connectivity index (χ3n) is 8.35. The largest absolute Gasteiger partial charge is 0.460 e. The molecule has 8 aromatic rings. The first-order valence-corrected chi connectivity index (χ1v) is 14.6. The first-order valence-electron chi connectivity index (χ1n) is 14.6. The number of para-hydroxylation sites is 3. The Bertz CT molecular complexity index is 2260. The van der Waals surface area contributed by atoms with Crippen LogP contribution in [-0.4, -0.2) is 9.13 Å². The monoisotopic (exact) mass is 530 g/mol. The lowest BCUT2D eigenvalue weighted by molar-refractivity contribution is 0.549. The summed E-state index contributed by atoms with van der Waals surface area (Å²) in [6.45, 7) is 4.00. The lowest BCUT2D eigenvalue weighted by atomic mass is 10.0. The van der Waals surface area contributed by atoms with Gasteiger partial charge in [0, 0.05) is 44.9 Å². The first kappa shape index (κ1) is 23.8. The van der Waals surface area contributed by atoms with E-state index in [1.54, 1.807) is 0 Å². The van der Waals surface area contributed by atoms with Gasteiger partial charge in [-0.3, -0.25) is 0 Å². The normalized spacial score (nSPS) is 12.8. The molecule has 3 heteroatoms. The summed E-state index contributed by atoms with van der Waals surface area (Å²) in [5, 5.41) is 6.12. The van der Waals surface area contributed by atoms with Crippen LogP contribution in [-0.2, 0) is 6.42 Å². The summed E-state index contributed by atoms with van der Waals surface area (Å²) >= 11 is 0. The highest BCUT2D eigenvalue weighted by Gasteiger charge is 2.24. The Labute approximate surface area is 238 Å². The van der Waals surface area contributed by atoms with Crippen molar-refractivity contribution in [2.75, 3.05) is 0 Å². The second-order valence-corrected chi connectivity index (χ2v) is 10.4. The molecule has 3 nitrogen and oxygen atoms in total. The van der Waals surface area contributed by atoms with E-state index in [4.69, 9.17) is 4.42 Å². The predicted molar refractivity (Wildman–Crippen MR) is 174 cm³/mol. The number of rotatable bonds is 2. The van der Waals surface area contributed by atoms with Crippen molar-refractivity contribution < 1.29 is 4.42 Å². The topological polar surface area (TPSA) is 23.0 Å². The number of aryl methyl sites for hydroxylation is 1. The standard InChI is InChI=1S/C36H24N2O.C2H6/c1-3-11-23(12-4-1)37-29-17-9-7-16-27(29)33-30(37)22-20-28-34-31(38(35(28)33)24-13-5-2-6-14-24)21-19-26-25-15-8-10-18-32(25)39-36(26)34;1-2/h1-9,11-17,19-22H,10,18H2;1-2H3. The third-order valence-corrected chi connectivity index (χ3v) is 8.35. The smallest absolute Gasteiger partial charge is 0.144 e. The Kier molecular flexibility index (Phi) is 5.39. The fourth-order valence-electron chi connectivity index (χ4n) is 6.75. The van der Waals surface area contributed by atoms with Gasteiger partial charge in [-0.15, -0.1) is 0 Å². The molecule has 0 saturated carbocycles. The van der Waals surface area contributed by atoms with Gasteiger partial charge in [-0.1, -0.05) is 80.6 Å². The molecule has 9 rings (SSSR count). The van der Waals surface area contributed by atoms with E-state index in [1.165, 1.54) is 60.2 Å². The Morgan fingerprint density at radius 2 is 1.20 bits per heavy atom. The molecular formula is C38H30N2O. The first-order chi connectivity index (χ1) is 20.4. The van der Waals surface area contributed by atoms with Crippen LogP contribution >= 0.6 is 0 Å². The van der Waals surface area contributed by atoms with Crippen molar-refractivity contribution in [1.82, 2.24) is 9.13 Å². The van der Waals surface area contributed by atoms with Crippen LogP contribution in [0.1, 0.15) is 31.6 Å². The van der Waals surface area contributed by atoms with E-state index in [9.17, 15) is 0 Å². The van der Waals surface area contributed by atoms with Gasteiger partial charge in [-0.25, -0.2) is 0 Å². The molecule has 0 saturated heterocycles. The van der Waals surface area contributed by atoms with Crippen molar-refractivity contribution in [3.63, 3.8) is 0 Å². The Morgan fingerprint density at radius 1 is 0.561 bits per heavy atom. The van der Waals surface area contributed by atoms with Crippen molar-refractivity contribution in [2.45, 2.75) is 26.7 Å². The molecule has 0 atom stereocenters. The van der Waals surface area contributed by atoms with Crippen LogP contribution in [0.25, 0.3) is 72.0 Å². The van der Waals surface area contributed by atoms with E-state index >= 15 is 0 Å². The average molecular weight is 531 g/mol. The van der Waals surface area contributed by atoms with Crippen LogP contribution in [0.5, 0.6) is 0 Å². The molecular weight excluding hydrogens is 500 g/mol. The van der Waals surface area contributed by atoms with E-state index < -0.39 is 0 Å². The fraction of sp³-hybridized carbons (Fsp3) is 0.105. The average Bonchev–Trinajstić information content (AvgIpc) is 3.70. The molecule has 3 aromatic heterocycles. The lowest BCUT2D eigenvalue weighted by Crippen LogP contribution is -1.95. The van der Waals surface area contributed by atoms with Gasteiger partial charge in [0.25, 0.3) is 0 Å². The molecule has 198 valence electrons. The van der Waals surface area contributed by atoms with E-state index in [-0.39, 0.29) is 0 Å². The van der Waals surface area contributed by atoms with Gasteiger partial charge in [-0.05, 0) is 61.0 Å². The van der Waals surface area contributed by atoms with E-state index in [0.29, 0.717) is 0 Å². The highest BCUT2D eigenvalue weighted by molar-refractivity contribution is 6.29.